The third kappa shape index (κ3) is 6.25. The van der Waals surface area contributed by atoms with E-state index in [1.165, 1.54) is 23.9 Å². The average Bonchev–Trinajstić information content (AvgIpc) is 3.15. The quantitative estimate of drug-likeness (QED) is 0.603. The summed E-state index contributed by atoms with van der Waals surface area (Å²) < 4.78 is 20.6. The van der Waals surface area contributed by atoms with Gasteiger partial charge in [-0.2, -0.15) is 0 Å². The number of nitrogens with zero attached hydrogens (tertiary/aromatic N) is 4. The number of nitrogens with one attached hydrogen (secondary N) is 2. The molecular weight excluding hydrogens is 411 g/mol. The van der Waals surface area contributed by atoms with Crippen molar-refractivity contribution in [2.24, 2.45) is 0 Å². The Morgan fingerprint density at radius 2 is 1.90 bits per heavy atom. The average molecular weight is 437 g/mol. The van der Waals surface area contributed by atoms with Crippen LogP contribution in [0.5, 0.6) is 0 Å². The van der Waals surface area contributed by atoms with Crippen LogP contribution in [0.4, 0.5) is 9.18 Å². The second-order valence-electron chi connectivity index (χ2n) is 6.62. The molecule has 1 saturated heterocycles. The van der Waals surface area contributed by atoms with E-state index in [9.17, 15) is 14.0 Å². The molecular formula is C19H25FN6O3S. The summed E-state index contributed by atoms with van der Waals surface area (Å²) in [4.78, 5) is 25.8. The van der Waals surface area contributed by atoms with Crippen molar-refractivity contribution in [3.05, 3.63) is 30.1 Å². The topological polar surface area (TPSA) is 101 Å². The van der Waals surface area contributed by atoms with Gasteiger partial charge in [-0.15, -0.1) is 10.2 Å². The van der Waals surface area contributed by atoms with E-state index in [0.717, 1.165) is 25.2 Å². The van der Waals surface area contributed by atoms with Crippen LogP contribution >= 0.6 is 11.8 Å². The fraction of sp³-hybridized carbons (Fsp3) is 0.474. The first-order valence-electron chi connectivity index (χ1n) is 9.76. The van der Waals surface area contributed by atoms with Crippen LogP contribution in [-0.4, -0.2) is 76.7 Å². The largest absolute Gasteiger partial charge is 0.379 e. The molecule has 0 saturated carbocycles. The van der Waals surface area contributed by atoms with Crippen molar-refractivity contribution >= 4 is 23.7 Å². The highest BCUT2D eigenvalue weighted by atomic mass is 32.2. The fourth-order valence-electron chi connectivity index (χ4n) is 2.97. The molecule has 162 valence electrons. The summed E-state index contributed by atoms with van der Waals surface area (Å²) in [7, 11) is 0. The molecule has 1 fully saturated rings. The van der Waals surface area contributed by atoms with Crippen LogP contribution in [0.15, 0.2) is 29.4 Å². The maximum Gasteiger partial charge on any atom is 0.321 e. The Kier molecular flexibility index (Phi) is 8.17. The van der Waals surface area contributed by atoms with Crippen LogP contribution < -0.4 is 10.6 Å². The number of amides is 3. The highest BCUT2D eigenvalue weighted by Crippen LogP contribution is 2.24. The second kappa shape index (κ2) is 11.0. The number of morpholine rings is 1. The number of halogens is 1. The summed E-state index contributed by atoms with van der Waals surface area (Å²) in [5.74, 6) is -0.113. The molecule has 0 unspecified atom stereocenters. The normalized spacial score (nSPS) is 14.5. The number of imide groups is 1. The molecule has 1 aliphatic rings. The van der Waals surface area contributed by atoms with E-state index in [4.69, 9.17) is 4.74 Å². The van der Waals surface area contributed by atoms with Gasteiger partial charge >= 0.3 is 6.03 Å². The standard InChI is InChI=1S/C19H25FN6O3S/c1-2-21-18(28)22-16(27)13-30-19-24-23-17(14-3-5-15(20)6-4-14)26(19)8-7-25-9-11-29-12-10-25/h3-6H,2,7-13H2,1H3,(H2,21,22,27,28). The Balaban J connectivity index is 1.71. The maximum absolute atomic E-state index is 13.3. The molecule has 0 radical (unpaired) electrons. The van der Waals surface area contributed by atoms with Gasteiger partial charge in [-0.25, -0.2) is 9.18 Å². The van der Waals surface area contributed by atoms with Crippen LogP contribution in [0.25, 0.3) is 11.4 Å². The molecule has 2 heterocycles. The number of hydrogen-bond donors (Lipinski definition) is 2. The maximum atomic E-state index is 13.3. The Morgan fingerprint density at radius 3 is 2.60 bits per heavy atom. The molecule has 1 aromatic heterocycles. The van der Waals surface area contributed by atoms with Crippen molar-refractivity contribution in [2.75, 3.05) is 45.1 Å². The van der Waals surface area contributed by atoms with Crippen molar-refractivity contribution < 1.29 is 18.7 Å². The third-order valence-electron chi connectivity index (χ3n) is 4.49. The van der Waals surface area contributed by atoms with Gasteiger partial charge in [0.15, 0.2) is 11.0 Å². The number of benzene rings is 1. The third-order valence-corrected chi connectivity index (χ3v) is 5.45. The summed E-state index contributed by atoms with van der Waals surface area (Å²) in [6, 6.07) is 5.54. The zero-order valence-corrected chi connectivity index (χ0v) is 17.6. The number of urea groups is 1. The molecule has 3 rings (SSSR count). The lowest BCUT2D eigenvalue weighted by Crippen LogP contribution is -2.40. The number of aromatic nitrogens is 3. The van der Waals surface area contributed by atoms with Crippen LogP contribution in [0, 0.1) is 5.82 Å². The van der Waals surface area contributed by atoms with Crippen molar-refractivity contribution in [1.82, 2.24) is 30.3 Å². The summed E-state index contributed by atoms with van der Waals surface area (Å²) in [5.41, 5.74) is 0.740. The zero-order valence-electron chi connectivity index (χ0n) is 16.8. The van der Waals surface area contributed by atoms with E-state index >= 15 is 0 Å². The van der Waals surface area contributed by atoms with E-state index in [-0.39, 0.29) is 11.6 Å². The molecule has 2 N–H and O–H groups in total. The zero-order chi connectivity index (χ0) is 21.3. The van der Waals surface area contributed by atoms with E-state index < -0.39 is 11.9 Å². The number of carbonyl (C=O) groups is 2. The summed E-state index contributed by atoms with van der Waals surface area (Å²) in [6.45, 7) is 6.70. The second-order valence-corrected chi connectivity index (χ2v) is 7.56. The van der Waals surface area contributed by atoms with E-state index in [0.29, 0.717) is 37.3 Å². The monoisotopic (exact) mass is 436 g/mol. The Bertz CT molecular complexity index is 854. The molecule has 1 aliphatic heterocycles. The predicted octanol–water partition coefficient (Wildman–Crippen LogP) is 1.35. The molecule has 11 heteroatoms. The Hall–Kier alpha value is -2.50. The summed E-state index contributed by atoms with van der Waals surface area (Å²) in [6.07, 6.45) is 0. The summed E-state index contributed by atoms with van der Waals surface area (Å²) in [5, 5.41) is 13.8. The molecule has 2 aromatic rings. The molecule has 30 heavy (non-hydrogen) atoms. The van der Waals surface area contributed by atoms with Crippen molar-refractivity contribution in [1.29, 1.82) is 0 Å². The van der Waals surface area contributed by atoms with Crippen molar-refractivity contribution in [2.45, 2.75) is 18.6 Å². The first-order chi connectivity index (χ1) is 14.6. The lowest BCUT2D eigenvalue weighted by Gasteiger charge is -2.27. The first-order valence-corrected chi connectivity index (χ1v) is 10.7. The van der Waals surface area contributed by atoms with Gasteiger partial charge in [0.05, 0.1) is 19.0 Å². The van der Waals surface area contributed by atoms with Crippen LogP contribution in [0.1, 0.15) is 6.92 Å². The Morgan fingerprint density at radius 1 is 1.17 bits per heavy atom. The van der Waals surface area contributed by atoms with Gasteiger partial charge in [-0.1, -0.05) is 11.8 Å². The lowest BCUT2D eigenvalue weighted by atomic mass is 10.2. The van der Waals surface area contributed by atoms with Gasteiger partial charge in [0, 0.05) is 38.3 Å². The van der Waals surface area contributed by atoms with Gasteiger partial charge in [0.1, 0.15) is 5.82 Å². The van der Waals surface area contributed by atoms with Gasteiger partial charge < -0.3 is 14.6 Å². The highest BCUT2D eigenvalue weighted by Gasteiger charge is 2.18. The van der Waals surface area contributed by atoms with E-state index in [1.54, 1.807) is 19.1 Å². The molecule has 0 spiro atoms. The number of carbonyl (C=O) groups excluding carboxylic acids is 2. The first kappa shape index (κ1) is 22.2. The number of rotatable bonds is 8. The molecule has 9 nitrogen and oxygen atoms in total. The SMILES string of the molecule is CCNC(=O)NC(=O)CSc1nnc(-c2ccc(F)cc2)n1CCN1CCOCC1. The number of ether oxygens (including phenoxy) is 1. The van der Waals surface area contributed by atoms with Gasteiger partial charge in [-0.05, 0) is 31.2 Å². The molecule has 0 aliphatic carbocycles. The van der Waals surface area contributed by atoms with Gasteiger partial charge in [-0.3, -0.25) is 15.0 Å². The van der Waals surface area contributed by atoms with Crippen molar-refractivity contribution in [3.63, 3.8) is 0 Å². The van der Waals surface area contributed by atoms with Crippen molar-refractivity contribution in [3.8, 4) is 11.4 Å². The smallest absolute Gasteiger partial charge is 0.321 e. The van der Waals surface area contributed by atoms with Crippen LogP contribution in [0.3, 0.4) is 0 Å². The lowest BCUT2D eigenvalue weighted by molar-refractivity contribution is -0.117. The van der Waals surface area contributed by atoms with Crippen LogP contribution in [-0.2, 0) is 16.1 Å². The minimum atomic E-state index is -0.524. The minimum Gasteiger partial charge on any atom is -0.379 e. The van der Waals surface area contributed by atoms with Gasteiger partial charge in [0.2, 0.25) is 5.91 Å². The van der Waals surface area contributed by atoms with Gasteiger partial charge in [0.25, 0.3) is 0 Å². The Labute approximate surface area is 178 Å². The molecule has 3 amide bonds. The molecule has 1 aromatic carbocycles. The highest BCUT2D eigenvalue weighted by molar-refractivity contribution is 7.99. The minimum absolute atomic E-state index is 0.0240. The fourth-order valence-corrected chi connectivity index (χ4v) is 3.74. The predicted molar refractivity (Wildman–Crippen MR) is 111 cm³/mol. The molecule has 0 bridgehead atoms. The number of hydrogen-bond acceptors (Lipinski definition) is 7. The summed E-state index contributed by atoms with van der Waals surface area (Å²) >= 11 is 1.20. The number of thioether (sulfide) groups is 1. The van der Waals surface area contributed by atoms with Crippen LogP contribution in [0.2, 0.25) is 0 Å². The van der Waals surface area contributed by atoms with E-state index in [1.807, 2.05) is 4.57 Å². The van der Waals surface area contributed by atoms with E-state index in [2.05, 4.69) is 25.7 Å². The molecule has 0 atom stereocenters.